The van der Waals surface area contributed by atoms with Gasteiger partial charge < -0.3 is 5.32 Å². The summed E-state index contributed by atoms with van der Waals surface area (Å²) in [6, 6.07) is 7.81. The number of benzene rings is 2. The van der Waals surface area contributed by atoms with Gasteiger partial charge in [0.05, 0.1) is 11.4 Å². The normalized spacial score (nSPS) is 11.3. The van der Waals surface area contributed by atoms with E-state index in [-0.39, 0.29) is 10.6 Å². The number of hydrogen-bond donors (Lipinski definition) is 2. The van der Waals surface area contributed by atoms with Crippen LogP contribution in [0.4, 0.5) is 14.5 Å². The van der Waals surface area contributed by atoms with Crippen LogP contribution in [0.2, 0.25) is 0 Å². The molecule has 24 heavy (non-hydrogen) atoms. The van der Waals surface area contributed by atoms with Gasteiger partial charge in [0.2, 0.25) is 15.9 Å². The van der Waals surface area contributed by atoms with Crippen LogP contribution < -0.4 is 10.0 Å². The number of sulfonamides is 1. The van der Waals surface area contributed by atoms with Crippen molar-refractivity contribution >= 4 is 21.6 Å². The highest BCUT2D eigenvalue weighted by atomic mass is 32.2. The van der Waals surface area contributed by atoms with Crippen molar-refractivity contribution < 1.29 is 22.0 Å². The number of hydrogen-bond acceptors (Lipinski definition) is 3. The molecule has 8 heteroatoms. The molecule has 0 saturated heterocycles. The first kappa shape index (κ1) is 18.0. The summed E-state index contributed by atoms with van der Waals surface area (Å²) in [5, 5.41) is 2.29. The first-order valence-corrected chi connectivity index (χ1v) is 8.49. The second-order valence-corrected chi connectivity index (χ2v) is 7.01. The van der Waals surface area contributed by atoms with Crippen molar-refractivity contribution in [1.29, 1.82) is 0 Å². The minimum absolute atomic E-state index is 0.0323. The van der Waals surface area contributed by atoms with E-state index in [1.165, 1.54) is 12.1 Å². The molecule has 0 heterocycles. The summed E-state index contributed by atoms with van der Waals surface area (Å²) in [6.07, 6.45) is 0. The molecule has 0 aliphatic carbocycles. The molecular weight excluding hydrogens is 338 g/mol. The quantitative estimate of drug-likeness (QED) is 0.866. The first-order valence-electron chi connectivity index (χ1n) is 7.01. The Bertz CT molecular complexity index is 883. The van der Waals surface area contributed by atoms with Crippen molar-refractivity contribution in [2.24, 2.45) is 0 Å². The Morgan fingerprint density at radius 1 is 1.04 bits per heavy atom. The van der Waals surface area contributed by atoms with E-state index in [1.807, 2.05) is 0 Å². The Hall–Kier alpha value is -2.32. The van der Waals surface area contributed by atoms with Crippen LogP contribution in [0, 0.1) is 25.5 Å². The molecule has 0 fully saturated rings. The largest absolute Gasteiger partial charge is 0.325 e. The molecule has 0 aliphatic heterocycles. The van der Waals surface area contributed by atoms with Gasteiger partial charge in [-0.3, -0.25) is 4.79 Å². The fraction of sp³-hybridized carbons (Fsp3) is 0.188. The highest BCUT2D eigenvalue weighted by Gasteiger charge is 2.18. The van der Waals surface area contributed by atoms with Crippen LogP contribution in [0.3, 0.4) is 0 Å². The molecule has 2 aromatic rings. The van der Waals surface area contributed by atoms with Crippen molar-refractivity contribution in [3.8, 4) is 0 Å². The molecule has 1 amide bonds. The number of aryl methyl sites for hydroxylation is 2. The van der Waals surface area contributed by atoms with Gasteiger partial charge in [0.15, 0.2) is 11.6 Å². The molecule has 0 bridgehead atoms. The lowest BCUT2D eigenvalue weighted by Gasteiger charge is -2.10. The lowest BCUT2D eigenvalue weighted by molar-refractivity contribution is -0.115. The van der Waals surface area contributed by atoms with Crippen molar-refractivity contribution in [2.75, 3.05) is 11.9 Å². The van der Waals surface area contributed by atoms with Gasteiger partial charge in [-0.2, -0.15) is 0 Å². The smallest absolute Gasteiger partial charge is 0.241 e. The number of carbonyl (C=O) groups excluding carboxylic acids is 1. The summed E-state index contributed by atoms with van der Waals surface area (Å²) >= 11 is 0. The molecule has 0 atom stereocenters. The third-order valence-corrected chi connectivity index (χ3v) is 4.80. The maximum atomic E-state index is 13.1. The number of halogens is 2. The lowest BCUT2D eigenvalue weighted by Crippen LogP contribution is -2.33. The Kier molecular flexibility index (Phi) is 5.30. The number of nitrogens with one attached hydrogen (secondary N) is 2. The molecule has 2 aromatic carbocycles. The average Bonchev–Trinajstić information content (AvgIpc) is 2.51. The fourth-order valence-electron chi connectivity index (χ4n) is 2.01. The second kappa shape index (κ2) is 7.06. The zero-order valence-electron chi connectivity index (χ0n) is 13.1. The molecule has 0 spiro atoms. The van der Waals surface area contributed by atoms with Crippen molar-refractivity contribution in [1.82, 2.24) is 4.72 Å². The molecule has 0 radical (unpaired) electrons. The molecule has 0 aromatic heterocycles. The molecule has 128 valence electrons. The van der Waals surface area contributed by atoms with Gasteiger partial charge in [-0.05, 0) is 43.2 Å². The maximum absolute atomic E-state index is 13.1. The number of carbonyl (C=O) groups is 1. The number of amides is 1. The highest BCUT2D eigenvalue weighted by Crippen LogP contribution is 2.16. The van der Waals surface area contributed by atoms with E-state index < -0.39 is 34.1 Å². The van der Waals surface area contributed by atoms with E-state index in [2.05, 4.69) is 10.0 Å². The van der Waals surface area contributed by atoms with Crippen molar-refractivity contribution in [2.45, 2.75) is 18.7 Å². The third kappa shape index (κ3) is 4.36. The van der Waals surface area contributed by atoms with Gasteiger partial charge >= 0.3 is 0 Å². The van der Waals surface area contributed by atoms with Gasteiger partial charge in [0, 0.05) is 11.8 Å². The van der Waals surface area contributed by atoms with E-state index in [4.69, 9.17) is 0 Å². The van der Waals surface area contributed by atoms with Crippen molar-refractivity contribution in [3.05, 3.63) is 59.2 Å². The predicted molar refractivity (Wildman–Crippen MR) is 86.1 cm³/mol. The van der Waals surface area contributed by atoms with E-state index in [1.54, 1.807) is 26.0 Å². The highest BCUT2D eigenvalue weighted by molar-refractivity contribution is 7.89. The van der Waals surface area contributed by atoms with E-state index in [0.717, 1.165) is 17.7 Å². The van der Waals surface area contributed by atoms with Crippen LogP contribution in [0.25, 0.3) is 0 Å². The van der Waals surface area contributed by atoms with Gasteiger partial charge in [0.25, 0.3) is 0 Å². The van der Waals surface area contributed by atoms with E-state index in [0.29, 0.717) is 5.56 Å². The monoisotopic (exact) mass is 354 g/mol. The van der Waals surface area contributed by atoms with Crippen LogP contribution in [0.15, 0.2) is 41.3 Å². The van der Waals surface area contributed by atoms with Crippen LogP contribution in [0.5, 0.6) is 0 Å². The van der Waals surface area contributed by atoms with Crippen LogP contribution in [0.1, 0.15) is 11.1 Å². The summed E-state index contributed by atoms with van der Waals surface area (Å²) in [7, 11) is -3.86. The lowest BCUT2D eigenvalue weighted by atomic mass is 10.2. The number of rotatable bonds is 5. The predicted octanol–water partition coefficient (Wildman–Crippen LogP) is 2.50. The Labute approximate surface area is 138 Å². The molecule has 5 nitrogen and oxygen atoms in total. The van der Waals surface area contributed by atoms with Gasteiger partial charge in [-0.1, -0.05) is 12.1 Å². The molecule has 0 unspecified atom stereocenters. The Morgan fingerprint density at radius 2 is 1.75 bits per heavy atom. The molecule has 0 aliphatic rings. The van der Waals surface area contributed by atoms with Crippen molar-refractivity contribution in [3.63, 3.8) is 0 Å². The maximum Gasteiger partial charge on any atom is 0.241 e. The SMILES string of the molecule is Cc1ccc(C)c(S(=O)(=O)NCC(=O)Nc2ccc(F)c(F)c2)c1. The topological polar surface area (TPSA) is 75.3 Å². The van der Waals surface area contributed by atoms with Crippen LogP contribution >= 0.6 is 0 Å². The summed E-state index contributed by atoms with van der Waals surface area (Å²) in [5.41, 5.74) is 1.35. The minimum atomic E-state index is -3.86. The van der Waals surface area contributed by atoms with Crippen LogP contribution in [-0.4, -0.2) is 20.9 Å². The summed E-state index contributed by atoms with van der Waals surface area (Å²) < 4.78 is 52.6. The second-order valence-electron chi connectivity index (χ2n) is 5.27. The van der Waals surface area contributed by atoms with Gasteiger partial charge in [0.1, 0.15) is 0 Å². The molecular formula is C16H16F2N2O3S. The minimum Gasteiger partial charge on any atom is -0.325 e. The van der Waals surface area contributed by atoms with Crippen LogP contribution in [-0.2, 0) is 14.8 Å². The summed E-state index contributed by atoms with van der Waals surface area (Å²) in [4.78, 5) is 11.9. The van der Waals surface area contributed by atoms with Gasteiger partial charge in [-0.15, -0.1) is 0 Å². The number of anilines is 1. The summed E-state index contributed by atoms with van der Waals surface area (Å²) in [5.74, 6) is -2.85. The fourth-order valence-corrected chi connectivity index (χ4v) is 3.32. The average molecular weight is 354 g/mol. The molecule has 0 saturated carbocycles. The summed E-state index contributed by atoms with van der Waals surface area (Å²) in [6.45, 7) is 2.87. The van der Waals surface area contributed by atoms with E-state index in [9.17, 15) is 22.0 Å². The third-order valence-electron chi connectivity index (χ3n) is 3.26. The zero-order valence-corrected chi connectivity index (χ0v) is 13.9. The molecule has 2 rings (SSSR count). The Balaban J connectivity index is 2.05. The van der Waals surface area contributed by atoms with Gasteiger partial charge in [-0.25, -0.2) is 21.9 Å². The zero-order chi connectivity index (χ0) is 17.9. The Morgan fingerprint density at radius 3 is 2.42 bits per heavy atom. The standard InChI is InChI=1S/C16H16F2N2O3S/c1-10-3-4-11(2)15(7-10)24(22,23)19-9-16(21)20-12-5-6-13(17)14(18)8-12/h3-8,19H,9H2,1-2H3,(H,20,21). The molecule has 2 N–H and O–H groups in total. The first-order chi connectivity index (χ1) is 11.2. The van der Waals surface area contributed by atoms with E-state index >= 15 is 0 Å².